The van der Waals surface area contributed by atoms with Gasteiger partial charge in [0.05, 0.1) is 11.3 Å². The van der Waals surface area contributed by atoms with E-state index in [1.807, 2.05) is 0 Å². The third-order valence-electron chi connectivity index (χ3n) is 4.31. The molecule has 0 radical (unpaired) electrons. The molecule has 0 aliphatic heterocycles. The molecular formula is C21H13ClF2N4O2. The number of halogens is 3. The van der Waals surface area contributed by atoms with Crippen molar-refractivity contribution in [3.8, 4) is 22.5 Å². The van der Waals surface area contributed by atoms with Gasteiger partial charge in [0.1, 0.15) is 29.3 Å². The van der Waals surface area contributed by atoms with Gasteiger partial charge < -0.3 is 4.52 Å². The standard InChI is InChI=1S/C21H13ClF2N4O2/c1-12(29)28(20-15(23)3-2-4-16(20)24)21-18(17-9-10-25-11-26-17)19(27-30-21)13-5-7-14(22)8-6-13/h2-11H,1H3. The van der Waals surface area contributed by atoms with Crippen molar-refractivity contribution in [1.29, 1.82) is 0 Å². The molecule has 2 aromatic carbocycles. The lowest BCUT2D eigenvalue weighted by Gasteiger charge is -2.20. The monoisotopic (exact) mass is 426 g/mol. The second kappa shape index (κ2) is 8.00. The summed E-state index contributed by atoms with van der Waals surface area (Å²) < 4.78 is 34.5. The van der Waals surface area contributed by atoms with E-state index in [0.717, 1.165) is 17.0 Å². The highest BCUT2D eigenvalue weighted by molar-refractivity contribution is 6.30. The van der Waals surface area contributed by atoms with Crippen LogP contribution in [0.5, 0.6) is 0 Å². The highest BCUT2D eigenvalue weighted by Crippen LogP contribution is 2.42. The summed E-state index contributed by atoms with van der Waals surface area (Å²) in [4.78, 5) is 21.4. The normalized spacial score (nSPS) is 10.8. The van der Waals surface area contributed by atoms with Gasteiger partial charge in [0.25, 0.3) is 0 Å². The van der Waals surface area contributed by atoms with E-state index in [1.165, 1.54) is 25.5 Å². The summed E-state index contributed by atoms with van der Waals surface area (Å²) >= 11 is 5.97. The second-order valence-electron chi connectivity index (χ2n) is 6.24. The molecule has 0 aliphatic rings. The number of carbonyl (C=O) groups is 1. The maximum Gasteiger partial charge on any atom is 0.248 e. The minimum Gasteiger partial charge on any atom is -0.336 e. The Morgan fingerprint density at radius 1 is 1.07 bits per heavy atom. The zero-order valence-corrected chi connectivity index (χ0v) is 16.3. The zero-order valence-electron chi connectivity index (χ0n) is 15.5. The van der Waals surface area contributed by atoms with E-state index in [0.29, 0.717) is 22.0 Å². The molecule has 4 rings (SSSR count). The SMILES string of the molecule is CC(=O)N(c1onc(-c2ccc(Cl)cc2)c1-c1ccncn1)c1c(F)cccc1F. The molecule has 0 fully saturated rings. The van der Waals surface area contributed by atoms with Gasteiger partial charge in [0, 0.05) is 23.7 Å². The summed E-state index contributed by atoms with van der Waals surface area (Å²) in [6.07, 6.45) is 2.80. The molecule has 0 saturated heterocycles. The summed E-state index contributed by atoms with van der Waals surface area (Å²) in [5, 5.41) is 4.58. The maximum absolute atomic E-state index is 14.5. The Balaban J connectivity index is 2.00. The average molecular weight is 427 g/mol. The van der Waals surface area contributed by atoms with Crippen molar-refractivity contribution in [2.24, 2.45) is 0 Å². The van der Waals surface area contributed by atoms with Gasteiger partial charge in [-0.2, -0.15) is 0 Å². The lowest BCUT2D eigenvalue weighted by atomic mass is 10.0. The number of hydrogen-bond acceptors (Lipinski definition) is 5. The average Bonchev–Trinajstić information content (AvgIpc) is 3.16. The van der Waals surface area contributed by atoms with E-state index in [2.05, 4.69) is 15.1 Å². The van der Waals surface area contributed by atoms with E-state index in [-0.39, 0.29) is 11.4 Å². The van der Waals surface area contributed by atoms with Crippen LogP contribution in [0, 0.1) is 11.6 Å². The highest BCUT2D eigenvalue weighted by Gasteiger charge is 2.31. The van der Waals surface area contributed by atoms with Crippen molar-refractivity contribution in [2.45, 2.75) is 6.92 Å². The fourth-order valence-corrected chi connectivity index (χ4v) is 3.14. The lowest BCUT2D eigenvalue weighted by Crippen LogP contribution is -2.25. The molecule has 0 unspecified atom stereocenters. The summed E-state index contributed by atoms with van der Waals surface area (Å²) in [5.41, 5.74) is 0.995. The number of carbonyl (C=O) groups excluding carboxylic acids is 1. The minimum atomic E-state index is -0.928. The maximum atomic E-state index is 14.5. The van der Waals surface area contributed by atoms with Crippen LogP contribution in [0.15, 0.2) is 65.6 Å². The number of amides is 1. The van der Waals surface area contributed by atoms with Gasteiger partial charge in [-0.15, -0.1) is 0 Å². The number of rotatable bonds is 4. The Morgan fingerprint density at radius 2 is 1.77 bits per heavy atom. The van der Waals surface area contributed by atoms with Crippen molar-refractivity contribution in [1.82, 2.24) is 15.1 Å². The van der Waals surface area contributed by atoms with Gasteiger partial charge in [-0.1, -0.05) is 35.0 Å². The third-order valence-corrected chi connectivity index (χ3v) is 4.56. The number of aromatic nitrogens is 3. The van der Waals surface area contributed by atoms with Gasteiger partial charge in [0.2, 0.25) is 11.8 Å². The number of nitrogens with zero attached hydrogens (tertiary/aromatic N) is 4. The highest BCUT2D eigenvalue weighted by atomic mass is 35.5. The molecule has 30 heavy (non-hydrogen) atoms. The molecule has 2 heterocycles. The van der Waals surface area contributed by atoms with E-state index >= 15 is 0 Å². The zero-order chi connectivity index (χ0) is 21.3. The van der Waals surface area contributed by atoms with Crippen LogP contribution < -0.4 is 4.90 Å². The summed E-state index contributed by atoms with van der Waals surface area (Å²) in [6, 6.07) is 11.6. The summed E-state index contributed by atoms with van der Waals surface area (Å²) in [7, 11) is 0. The minimum absolute atomic E-state index is 0.171. The number of benzene rings is 2. The first-order valence-electron chi connectivity index (χ1n) is 8.74. The molecule has 0 aliphatic carbocycles. The van der Waals surface area contributed by atoms with Crippen LogP contribution >= 0.6 is 11.6 Å². The summed E-state index contributed by atoms with van der Waals surface area (Å²) in [6.45, 7) is 1.17. The van der Waals surface area contributed by atoms with Crippen LogP contribution in [0.25, 0.3) is 22.5 Å². The number of hydrogen-bond donors (Lipinski definition) is 0. The molecule has 0 atom stereocenters. The second-order valence-corrected chi connectivity index (χ2v) is 6.67. The van der Waals surface area contributed by atoms with E-state index in [9.17, 15) is 13.6 Å². The molecular weight excluding hydrogens is 414 g/mol. The Labute approximate surface area is 174 Å². The van der Waals surface area contributed by atoms with Gasteiger partial charge in [-0.25, -0.2) is 23.6 Å². The van der Waals surface area contributed by atoms with E-state index < -0.39 is 23.2 Å². The van der Waals surface area contributed by atoms with Gasteiger partial charge >= 0.3 is 0 Å². The van der Waals surface area contributed by atoms with Crippen molar-refractivity contribution in [3.05, 3.63) is 77.7 Å². The number of para-hydroxylation sites is 1. The topological polar surface area (TPSA) is 72.1 Å². The van der Waals surface area contributed by atoms with Crippen molar-refractivity contribution < 1.29 is 18.1 Å². The Morgan fingerprint density at radius 3 is 2.37 bits per heavy atom. The van der Waals surface area contributed by atoms with Gasteiger partial charge in [0.15, 0.2) is 0 Å². The quantitative estimate of drug-likeness (QED) is 0.436. The van der Waals surface area contributed by atoms with Crippen LogP contribution in [0.2, 0.25) is 5.02 Å². The Hall–Kier alpha value is -3.65. The first-order chi connectivity index (χ1) is 14.5. The van der Waals surface area contributed by atoms with Crippen molar-refractivity contribution in [3.63, 3.8) is 0 Å². The van der Waals surface area contributed by atoms with Gasteiger partial charge in [-0.05, 0) is 30.3 Å². The fourth-order valence-electron chi connectivity index (χ4n) is 3.01. The summed E-state index contributed by atoms with van der Waals surface area (Å²) in [5.74, 6) is -2.70. The van der Waals surface area contributed by atoms with Crippen LogP contribution in [0.1, 0.15) is 6.92 Å². The largest absolute Gasteiger partial charge is 0.336 e. The molecule has 0 N–H and O–H groups in total. The van der Waals surface area contributed by atoms with Crippen molar-refractivity contribution in [2.75, 3.05) is 4.90 Å². The van der Waals surface area contributed by atoms with E-state index in [1.54, 1.807) is 30.3 Å². The smallest absolute Gasteiger partial charge is 0.248 e. The molecule has 0 saturated carbocycles. The third kappa shape index (κ3) is 3.53. The molecule has 4 aromatic rings. The molecule has 9 heteroatoms. The molecule has 0 bridgehead atoms. The van der Waals surface area contributed by atoms with Crippen LogP contribution in [-0.4, -0.2) is 21.0 Å². The van der Waals surface area contributed by atoms with Crippen LogP contribution in [0.3, 0.4) is 0 Å². The number of anilines is 2. The predicted octanol–water partition coefficient (Wildman–Crippen LogP) is 5.41. The Kier molecular flexibility index (Phi) is 5.24. The Bertz CT molecular complexity index is 1190. The predicted molar refractivity (Wildman–Crippen MR) is 107 cm³/mol. The molecule has 2 aromatic heterocycles. The first-order valence-corrected chi connectivity index (χ1v) is 9.12. The van der Waals surface area contributed by atoms with E-state index in [4.69, 9.17) is 16.1 Å². The van der Waals surface area contributed by atoms with Gasteiger partial charge in [-0.3, -0.25) is 4.79 Å². The molecule has 6 nitrogen and oxygen atoms in total. The molecule has 150 valence electrons. The molecule has 0 spiro atoms. The van der Waals surface area contributed by atoms with Crippen LogP contribution in [-0.2, 0) is 4.79 Å². The van der Waals surface area contributed by atoms with Crippen LogP contribution in [0.4, 0.5) is 20.4 Å². The molecule has 1 amide bonds. The fraction of sp³-hybridized carbons (Fsp3) is 0.0476. The van der Waals surface area contributed by atoms with Crippen molar-refractivity contribution >= 4 is 29.1 Å². The first kappa shape index (κ1) is 19.7. The lowest BCUT2D eigenvalue weighted by molar-refractivity contribution is -0.116.